The highest BCUT2D eigenvalue weighted by Gasteiger charge is 2.07. The number of allylic oxidation sites excluding steroid dienone is 2. The molecule has 0 amide bonds. The molecule has 0 fully saturated rings. The Labute approximate surface area is 90.2 Å². The quantitative estimate of drug-likeness (QED) is 0.535. The molecule has 1 nitrogen and oxygen atoms in total. The van der Waals surface area contributed by atoms with Gasteiger partial charge in [0.1, 0.15) is 0 Å². The van der Waals surface area contributed by atoms with E-state index in [9.17, 15) is 0 Å². The molecule has 0 radical (unpaired) electrons. The highest BCUT2D eigenvalue weighted by molar-refractivity contribution is 4.99. The van der Waals surface area contributed by atoms with Crippen molar-refractivity contribution >= 4 is 0 Å². The van der Waals surface area contributed by atoms with Gasteiger partial charge in [-0.05, 0) is 45.7 Å². The maximum Gasteiger partial charge on any atom is 0.000693 e. The van der Waals surface area contributed by atoms with Gasteiger partial charge in [-0.2, -0.15) is 0 Å². The van der Waals surface area contributed by atoms with E-state index >= 15 is 0 Å². The number of nitrogens with zero attached hydrogens (tertiary/aromatic N) is 1. The molecule has 0 N–H and O–H groups in total. The van der Waals surface area contributed by atoms with Crippen LogP contribution in [0, 0.1) is 5.92 Å². The molecule has 84 valence electrons. The van der Waals surface area contributed by atoms with Gasteiger partial charge < -0.3 is 4.90 Å². The van der Waals surface area contributed by atoms with Crippen molar-refractivity contribution in [1.29, 1.82) is 0 Å². The fourth-order valence-electron chi connectivity index (χ4n) is 1.83. The minimum Gasteiger partial charge on any atom is -0.306 e. The summed E-state index contributed by atoms with van der Waals surface area (Å²) in [5, 5.41) is 0. The molecule has 1 aliphatic rings. The van der Waals surface area contributed by atoms with Gasteiger partial charge in [0.05, 0.1) is 0 Å². The van der Waals surface area contributed by atoms with Gasteiger partial charge in [-0.25, -0.2) is 0 Å². The van der Waals surface area contributed by atoms with Crippen LogP contribution in [0.3, 0.4) is 0 Å². The van der Waals surface area contributed by atoms with Crippen molar-refractivity contribution in [1.82, 2.24) is 4.90 Å². The van der Waals surface area contributed by atoms with Gasteiger partial charge in [0.25, 0.3) is 0 Å². The second-order valence-electron chi connectivity index (χ2n) is 4.26. The van der Waals surface area contributed by atoms with E-state index in [1.165, 1.54) is 32.4 Å². The summed E-state index contributed by atoms with van der Waals surface area (Å²) in [4.78, 5) is 2.46. The molecule has 0 saturated carbocycles. The molecule has 0 spiro atoms. The van der Waals surface area contributed by atoms with Gasteiger partial charge >= 0.3 is 0 Å². The summed E-state index contributed by atoms with van der Waals surface area (Å²) in [6.45, 7) is 11.1. The third-order valence-corrected chi connectivity index (χ3v) is 2.60. The van der Waals surface area contributed by atoms with Gasteiger partial charge in [0.15, 0.2) is 0 Å². The monoisotopic (exact) mass is 197 g/mol. The summed E-state index contributed by atoms with van der Waals surface area (Å²) in [6, 6.07) is 0. The van der Waals surface area contributed by atoms with Crippen LogP contribution in [0.25, 0.3) is 0 Å². The van der Waals surface area contributed by atoms with E-state index in [0.29, 0.717) is 0 Å². The van der Waals surface area contributed by atoms with E-state index < -0.39 is 0 Å². The van der Waals surface area contributed by atoms with Crippen molar-refractivity contribution in [3.8, 4) is 0 Å². The lowest BCUT2D eigenvalue weighted by Crippen LogP contribution is -2.24. The predicted molar refractivity (Wildman–Crippen MR) is 65.6 cm³/mol. The molecular formula is C13H27N. The summed E-state index contributed by atoms with van der Waals surface area (Å²) in [7, 11) is 2.23. The van der Waals surface area contributed by atoms with Crippen LogP contribution in [0.2, 0.25) is 0 Å². The van der Waals surface area contributed by atoms with Crippen LogP contribution in [0.4, 0.5) is 0 Å². The van der Waals surface area contributed by atoms with Crippen LogP contribution in [0.1, 0.15) is 47.0 Å². The Hall–Kier alpha value is -0.300. The second-order valence-corrected chi connectivity index (χ2v) is 4.26. The molecule has 1 unspecified atom stereocenters. The molecule has 14 heavy (non-hydrogen) atoms. The fourth-order valence-corrected chi connectivity index (χ4v) is 1.83. The van der Waals surface area contributed by atoms with Crippen LogP contribution >= 0.6 is 0 Å². The summed E-state index contributed by atoms with van der Waals surface area (Å²) in [5.41, 5.74) is 1.58. The highest BCUT2D eigenvalue weighted by Crippen LogP contribution is 2.13. The Kier molecular flexibility index (Phi) is 7.87. The van der Waals surface area contributed by atoms with E-state index in [4.69, 9.17) is 0 Å². The van der Waals surface area contributed by atoms with Gasteiger partial charge in [-0.3, -0.25) is 0 Å². The van der Waals surface area contributed by atoms with Crippen molar-refractivity contribution in [3.63, 3.8) is 0 Å². The van der Waals surface area contributed by atoms with E-state index in [-0.39, 0.29) is 0 Å². The van der Waals surface area contributed by atoms with Crippen molar-refractivity contribution in [3.05, 3.63) is 11.6 Å². The van der Waals surface area contributed by atoms with E-state index in [1.807, 2.05) is 13.8 Å². The molecule has 0 saturated heterocycles. The van der Waals surface area contributed by atoms with E-state index in [2.05, 4.69) is 31.9 Å². The third kappa shape index (κ3) is 6.20. The first-order valence-electron chi connectivity index (χ1n) is 6.02. The average molecular weight is 197 g/mol. The zero-order chi connectivity index (χ0) is 11.0. The van der Waals surface area contributed by atoms with Crippen LogP contribution in [0.5, 0.6) is 0 Å². The van der Waals surface area contributed by atoms with Crippen molar-refractivity contribution in [2.45, 2.75) is 47.0 Å². The molecule has 1 rings (SSSR count). The lowest BCUT2D eigenvalue weighted by atomic mass is 10.1. The normalized spacial score (nSPS) is 28.6. The molecule has 0 aromatic rings. The van der Waals surface area contributed by atoms with Crippen molar-refractivity contribution in [2.24, 2.45) is 5.92 Å². The smallest absolute Gasteiger partial charge is 0.000693 e. The first-order valence-corrected chi connectivity index (χ1v) is 6.02. The first kappa shape index (κ1) is 13.7. The maximum absolute atomic E-state index is 2.46. The molecule has 0 aromatic carbocycles. The zero-order valence-electron chi connectivity index (χ0n) is 10.6. The molecule has 1 atom stereocenters. The van der Waals surface area contributed by atoms with Crippen molar-refractivity contribution < 1.29 is 0 Å². The number of hydrogen-bond donors (Lipinski definition) is 0. The van der Waals surface area contributed by atoms with E-state index in [1.54, 1.807) is 5.57 Å². The molecule has 0 bridgehead atoms. The lowest BCUT2D eigenvalue weighted by molar-refractivity contribution is 0.287. The Morgan fingerprint density at radius 3 is 2.64 bits per heavy atom. The fraction of sp³-hybridized carbons (Fsp3) is 0.846. The second kappa shape index (κ2) is 8.05. The van der Waals surface area contributed by atoms with Crippen LogP contribution < -0.4 is 0 Å². The maximum atomic E-state index is 2.46. The topological polar surface area (TPSA) is 3.24 Å². The van der Waals surface area contributed by atoms with Crippen LogP contribution in [-0.4, -0.2) is 25.0 Å². The minimum absolute atomic E-state index is 0.822. The Bertz CT molecular complexity index is 161. The SMILES string of the molecule is C/C1=C/CC(C)CN(C)CCC1.CC. The molecule has 0 aromatic heterocycles. The largest absolute Gasteiger partial charge is 0.306 e. The van der Waals surface area contributed by atoms with E-state index in [0.717, 1.165) is 5.92 Å². The third-order valence-electron chi connectivity index (χ3n) is 2.60. The van der Waals surface area contributed by atoms with Gasteiger partial charge in [0, 0.05) is 6.54 Å². The highest BCUT2D eigenvalue weighted by atomic mass is 15.1. The average Bonchev–Trinajstić information content (AvgIpc) is 2.23. The number of rotatable bonds is 0. The lowest BCUT2D eigenvalue weighted by Gasteiger charge is -2.18. The van der Waals surface area contributed by atoms with Crippen LogP contribution in [0.15, 0.2) is 11.6 Å². The van der Waals surface area contributed by atoms with Gasteiger partial charge in [-0.1, -0.05) is 32.4 Å². The summed E-state index contributed by atoms with van der Waals surface area (Å²) < 4.78 is 0. The van der Waals surface area contributed by atoms with Gasteiger partial charge in [-0.15, -0.1) is 0 Å². The molecular weight excluding hydrogens is 170 g/mol. The summed E-state index contributed by atoms with van der Waals surface area (Å²) in [5.74, 6) is 0.822. The summed E-state index contributed by atoms with van der Waals surface area (Å²) >= 11 is 0. The Balaban J connectivity index is 0.000000791. The zero-order valence-corrected chi connectivity index (χ0v) is 10.6. The first-order chi connectivity index (χ1) is 6.68. The Morgan fingerprint density at radius 2 is 2.00 bits per heavy atom. The molecule has 1 heteroatoms. The number of hydrogen-bond acceptors (Lipinski definition) is 1. The van der Waals surface area contributed by atoms with Crippen LogP contribution in [-0.2, 0) is 0 Å². The minimum atomic E-state index is 0.822. The molecule has 1 heterocycles. The molecule has 1 aliphatic heterocycles. The Morgan fingerprint density at radius 1 is 1.36 bits per heavy atom. The molecule has 0 aliphatic carbocycles. The van der Waals surface area contributed by atoms with Gasteiger partial charge in [0.2, 0.25) is 0 Å². The predicted octanol–water partition coefficient (Wildman–Crippen LogP) is 3.71. The standard InChI is InChI=1S/C11H21N.C2H6/c1-10-5-4-8-12(3)9-11(2)7-6-10;1-2/h6,11H,4-5,7-9H2,1-3H3;1-2H3/b10-6-;. The summed E-state index contributed by atoms with van der Waals surface area (Å²) in [6.07, 6.45) is 6.29. The van der Waals surface area contributed by atoms with Crippen molar-refractivity contribution in [2.75, 3.05) is 20.1 Å².